The maximum Gasteiger partial charge on any atom is 0.334 e. The first-order valence-electron chi connectivity index (χ1n) is 4.60. The van der Waals surface area contributed by atoms with E-state index < -0.39 is 18.2 Å². The fourth-order valence-corrected chi connectivity index (χ4v) is 0.822. The third-order valence-electron chi connectivity index (χ3n) is 1.65. The lowest BCUT2D eigenvalue weighted by molar-refractivity contribution is -0.155. The van der Waals surface area contributed by atoms with Gasteiger partial charge in [0.2, 0.25) is 0 Å². The Hall–Kier alpha value is -0.610. The molecule has 0 aromatic carbocycles. The van der Waals surface area contributed by atoms with Crippen LogP contribution in [0, 0.1) is 0 Å². The summed E-state index contributed by atoms with van der Waals surface area (Å²) in [5.74, 6) is -0.685. The molecule has 78 valence electrons. The summed E-state index contributed by atoms with van der Waals surface area (Å²) in [6.45, 7) is 3.33. The third kappa shape index (κ3) is 6.54. The molecule has 0 aliphatic heterocycles. The van der Waals surface area contributed by atoms with Gasteiger partial charge in [-0.2, -0.15) is 0 Å². The SMILES string of the molecule is CCCCC(O)COC(=O)C(C)O. The standard InChI is InChI=1S/C9H18O4/c1-3-4-5-8(11)6-13-9(12)7(2)10/h7-8,10-11H,3-6H2,1-2H3. The van der Waals surface area contributed by atoms with Crippen molar-refractivity contribution in [2.24, 2.45) is 0 Å². The first-order chi connectivity index (χ1) is 6.07. The Morgan fingerprint density at radius 3 is 2.54 bits per heavy atom. The van der Waals surface area contributed by atoms with E-state index in [1.54, 1.807) is 0 Å². The van der Waals surface area contributed by atoms with Gasteiger partial charge in [-0.1, -0.05) is 19.8 Å². The summed E-state index contributed by atoms with van der Waals surface area (Å²) >= 11 is 0. The van der Waals surface area contributed by atoms with Crippen LogP contribution in [0.2, 0.25) is 0 Å². The first-order valence-corrected chi connectivity index (χ1v) is 4.60. The number of hydrogen-bond acceptors (Lipinski definition) is 4. The van der Waals surface area contributed by atoms with Crippen LogP contribution in [-0.2, 0) is 9.53 Å². The van der Waals surface area contributed by atoms with Gasteiger partial charge >= 0.3 is 5.97 Å². The second-order valence-electron chi connectivity index (χ2n) is 3.10. The largest absolute Gasteiger partial charge is 0.461 e. The number of unbranched alkanes of at least 4 members (excludes halogenated alkanes) is 1. The highest BCUT2D eigenvalue weighted by Gasteiger charge is 2.12. The average molecular weight is 190 g/mol. The normalized spacial score (nSPS) is 15.1. The molecule has 0 aliphatic rings. The zero-order chi connectivity index (χ0) is 10.3. The number of rotatable bonds is 6. The van der Waals surface area contributed by atoms with Crippen LogP contribution in [0.15, 0.2) is 0 Å². The van der Waals surface area contributed by atoms with Gasteiger partial charge in [0, 0.05) is 0 Å². The second-order valence-corrected chi connectivity index (χ2v) is 3.10. The van der Waals surface area contributed by atoms with E-state index >= 15 is 0 Å². The molecular weight excluding hydrogens is 172 g/mol. The Bertz CT molecular complexity index is 145. The van der Waals surface area contributed by atoms with Crippen LogP contribution >= 0.6 is 0 Å². The molecule has 0 fully saturated rings. The van der Waals surface area contributed by atoms with Gasteiger partial charge in [0.05, 0.1) is 6.10 Å². The Labute approximate surface area is 78.5 Å². The smallest absolute Gasteiger partial charge is 0.334 e. The van der Waals surface area contributed by atoms with Crippen LogP contribution in [0.1, 0.15) is 33.1 Å². The second kappa shape index (κ2) is 6.86. The molecule has 0 bridgehead atoms. The topological polar surface area (TPSA) is 66.8 Å². The molecule has 13 heavy (non-hydrogen) atoms. The minimum Gasteiger partial charge on any atom is -0.461 e. The molecule has 0 rings (SSSR count). The van der Waals surface area contributed by atoms with Gasteiger partial charge in [0.15, 0.2) is 0 Å². The number of ether oxygens (including phenoxy) is 1. The number of carbonyl (C=O) groups is 1. The van der Waals surface area contributed by atoms with E-state index in [9.17, 15) is 9.90 Å². The molecule has 0 aliphatic carbocycles. The van der Waals surface area contributed by atoms with Crippen molar-refractivity contribution in [2.45, 2.75) is 45.3 Å². The lowest BCUT2D eigenvalue weighted by atomic mass is 10.2. The molecule has 4 nitrogen and oxygen atoms in total. The van der Waals surface area contributed by atoms with Gasteiger partial charge < -0.3 is 14.9 Å². The highest BCUT2D eigenvalue weighted by molar-refractivity contribution is 5.73. The van der Waals surface area contributed by atoms with Crippen LogP contribution in [-0.4, -0.2) is 35.0 Å². The van der Waals surface area contributed by atoms with Crippen LogP contribution < -0.4 is 0 Å². The van der Waals surface area contributed by atoms with Crippen LogP contribution in [0.4, 0.5) is 0 Å². The van der Waals surface area contributed by atoms with E-state index in [1.165, 1.54) is 6.92 Å². The lowest BCUT2D eigenvalue weighted by Crippen LogP contribution is -2.24. The van der Waals surface area contributed by atoms with Crippen molar-refractivity contribution in [1.82, 2.24) is 0 Å². The number of aliphatic hydroxyl groups excluding tert-OH is 2. The molecule has 0 radical (unpaired) electrons. The average Bonchev–Trinajstić information content (AvgIpc) is 2.10. The minimum absolute atomic E-state index is 0.0241. The lowest BCUT2D eigenvalue weighted by Gasteiger charge is -2.11. The highest BCUT2D eigenvalue weighted by Crippen LogP contribution is 2.01. The molecule has 0 amide bonds. The minimum atomic E-state index is -1.11. The van der Waals surface area contributed by atoms with E-state index in [0.29, 0.717) is 6.42 Å². The summed E-state index contributed by atoms with van der Waals surface area (Å²) < 4.78 is 4.62. The molecule has 0 aromatic rings. The highest BCUT2D eigenvalue weighted by atomic mass is 16.6. The molecule has 0 saturated carbocycles. The van der Waals surface area contributed by atoms with E-state index in [-0.39, 0.29) is 6.61 Å². The molecule has 2 N–H and O–H groups in total. The van der Waals surface area contributed by atoms with Crippen molar-refractivity contribution in [3.63, 3.8) is 0 Å². The van der Waals surface area contributed by atoms with E-state index in [2.05, 4.69) is 4.74 Å². The van der Waals surface area contributed by atoms with Crippen LogP contribution in [0.5, 0.6) is 0 Å². The van der Waals surface area contributed by atoms with Gasteiger partial charge in [0.1, 0.15) is 12.7 Å². The van der Waals surface area contributed by atoms with Gasteiger partial charge in [0.25, 0.3) is 0 Å². The molecule has 4 heteroatoms. The maximum absolute atomic E-state index is 10.7. The number of hydrogen-bond donors (Lipinski definition) is 2. The summed E-state index contributed by atoms with van der Waals surface area (Å²) in [5.41, 5.74) is 0. The molecule has 2 atom stereocenters. The Kier molecular flexibility index (Phi) is 6.54. The molecular formula is C9H18O4. The molecule has 0 spiro atoms. The van der Waals surface area contributed by atoms with E-state index in [0.717, 1.165) is 12.8 Å². The predicted molar refractivity (Wildman–Crippen MR) is 48.2 cm³/mol. The van der Waals surface area contributed by atoms with E-state index in [1.807, 2.05) is 6.92 Å². The van der Waals surface area contributed by atoms with Crippen molar-refractivity contribution in [2.75, 3.05) is 6.61 Å². The van der Waals surface area contributed by atoms with Crippen molar-refractivity contribution >= 4 is 5.97 Å². The first kappa shape index (κ1) is 12.4. The molecule has 0 aromatic heterocycles. The summed E-state index contributed by atoms with van der Waals surface area (Å²) in [6.07, 6.45) is 0.819. The number of aliphatic hydroxyl groups is 2. The summed E-state index contributed by atoms with van der Waals surface area (Å²) in [5, 5.41) is 18.0. The number of carbonyl (C=O) groups excluding carboxylic acids is 1. The summed E-state index contributed by atoms with van der Waals surface area (Å²) in [6, 6.07) is 0. The quantitative estimate of drug-likeness (QED) is 0.597. The fraction of sp³-hybridized carbons (Fsp3) is 0.889. The van der Waals surface area contributed by atoms with Gasteiger partial charge in [-0.25, -0.2) is 4.79 Å². The number of esters is 1. The fourth-order valence-electron chi connectivity index (χ4n) is 0.822. The Morgan fingerprint density at radius 1 is 1.46 bits per heavy atom. The third-order valence-corrected chi connectivity index (χ3v) is 1.65. The Balaban J connectivity index is 3.46. The Morgan fingerprint density at radius 2 is 2.08 bits per heavy atom. The van der Waals surface area contributed by atoms with Gasteiger partial charge in [-0.3, -0.25) is 0 Å². The summed E-state index contributed by atoms with van der Waals surface area (Å²) in [4.78, 5) is 10.7. The molecule has 0 heterocycles. The maximum atomic E-state index is 10.7. The molecule has 0 saturated heterocycles. The zero-order valence-electron chi connectivity index (χ0n) is 8.19. The van der Waals surface area contributed by atoms with Crippen molar-refractivity contribution < 1.29 is 19.7 Å². The van der Waals surface area contributed by atoms with Gasteiger partial charge in [-0.15, -0.1) is 0 Å². The monoisotopic (exact) mass is 190 g/mol. The zero-order valence-corrected chi connectivity index (χ0v) is 8.19. The van der Waals surface area contributed by atoms with Gasteiger partial charge in [-0.05, 0) is 13.3 Å². The van der Waals surface area contributed by atoms with Crippen molar-refractivity contribution in [3.8, 4) is 0 Å². The van der Waals surface area contributed by atoms with Crippen molar-refractivity contribution in [3.05, 3.63) is 0 Å². The molecule has 2 unspecified atom stereocenters. The predicted octanol–water partition coefficient (Wildman–Crippen LogP) is 0.461. The van der Waals surface area contributed by atoms with Crippen LogP contribution in [0.25, 0.3) is 0 Å². The summed E-state index contributed by atoms with van der Waals surface area (Å²) in [7, 11) is 0. The van der Waals surface area contributed by atoms with E-state index in [4.69, 9.17) is 5.11 Å². The van der Waals surface area contributed by atoms with Crippen molar-refractivity contribution in [1.29, 1.82) is 0 Å². The van der Waals surface area contributed by atoms with Crippen LogP contribution in [0.3, 0.4) is 0 Å².